The highest BCUT2D eigenvalue weighted by Crippen LogP contribution is 2.24. The molecule has 400 valence electrons. The molecule has 1 heterocycles. The maximum absolute atomic E-state index is 12.9. The summed E-state index contributed by atoms with van der Waals surface area (Å²) in [4.78, 5) is 25.5. The molecule has 1 saturated heterocycles. The third-order valence-electron chi connectivity index (χ3n) is 13.0. The third-order valence-corrected chi connectivity index (χ3v) is 13.8. The zero-order chi connectivity index (χ0) is 49.8. The molecular formula is C55H102O12S. The lowest BCUT2D eigenvalue weighted by atomic mass is 10.00. The van der Waals surface area contributed by atoms with Crippen LogP contribution in [0.15, 0.2) is 24.3 Å². The van der Waals surface area contributed by atoms with Crippen LogP contribution in [0, 0.1) is 0 Å². The number of hydrogen-bond acceptors (Lipinski definition) is 11. The molecule has 1 aliphatic heterocycles. The minimum Gasteiger partial charge on any atom is -0.462 e. The fourth-order valence-corrected chi connectivity index (χ4v) is 9.41. The van der Waals surface area contributed by atoms with Crippen LogP contribution in [-0.4, -0.2) is 96.0 Å². The lowest BCUT2D eigenvalue weighted by Crippen LogP contribution is -2.60. The molecule has 1 aliphatic rings. The zero-order valence-corrected chi connectivity index (χ0v) is 44.0. The first-order valence-corrected chi connectivity index (χ1v) is 29.5. The molecule has 0 aromatic carbocycles. The standard InChI is InChI=1S/C55H102O12S/c1-3-5-7-9-11-13-15-17-19-21-22-23-24-25-26-28-30-32-34-36-38-40-42-44-51(57)66-48(46-65-55-54(60)53(59)52(58)49(67-55)47-68(61,62)63)45-64-50(56)43-41-39-37-35-33-31-29-27-20-18-16-14-12-10-8-6-4-2/h29,31,35,37,48-49,52-55,58-60H,3-28,30,32-34,36,38-47H2,1-2H3,(H,61,62,63)/b31-29+,37-35+/t48-,49-,52-,53?,54?,55+/m1/s1. The Bertz CT molecular complexity index is 1340. The van der Waals surface area contributed by atoms with Crippen LogP contribution in [0.2, 0.25) is 0 Å². The van der Waals surface area contributed by atoms with Crippen molar-refractivity contribution in [3.8, 4) is 0 Å². The van der Waals surface area contributed by atoms with E-state index in [2.05, 4.69) is 32.1 Å². The quantitative estimate of drug-likeness (QED) is 0.0196. The molecule has 4 N–H and O–H groups in total. The summed E-state index contributed by atoms with van der Waals surface area (Å²) in [6.07, 6.45) is 43.8. The Hall–Kier alpha value is -1.87. The molecule has 0 aromatic rings. The summed E-state index contributed by atoms with van der Waals surface area (Å²) < 4.78 is 54.3. The van der Waals surface area contributed by atoms with Crippen LogP contribution in [0.3, 0.4) is 0 Å². The van der Waals surface area contributed by atoms with E-state index in [4.69, 9.17) is 18.9 Å². The first-order chi connectivity index (χ1) is 33.0. The zero-order valence-electron chi connectivity index (χ0n) is 43.2. The SMILES string of the molecule is CCCCCCCCCCC/C=C/C/C=C/CCCC(=O)OC[C@H](CO[C@H]1O[C@H](CS(=O)(=O)O)[C@@H](O)C(O)C1O)OC(=O)CCCCCCCCCCCCCCCCCCCCCCCCC. The first kappa shape index (κ1) is 64.1. The van der Waals surface area contributed by atoms with Gasteiger partial charge in [-0.25, -0.2) is 0 Å². The predicted octanol–water partition coefficient (Wildman–Crippen LogP) is 13.1. The van der Waals surface area contributed by atoms with Gasteiger partial charge < -0.3 is 34.3 Å². The van der Waals surface area contributed by atoms with Crippen molar-refractivity contribution in [2.45, 2.75) is 295 Å². The highest BCUT2D eigenvalue weighted by Gasteiger charge is 2.46. The van der Waals surface area contributed by atoms with Crippen molar-refractivity contribution in [1.82, 2.24) is 0 Å². The average Bonchev–Trinajstić information content (AvgIpc) is 3.31. The van der Waals surface area contributed by atoms with Gasteiger partial charge >= 0.3 is 11.9 Å². The number of ether oxygens (including phenoxy) is 4. The number of rotatable bonds is 48. The van der Waals surface area contributed by atoms with Gasteiger partial charge in [-0.15, -0.1) is 0 Å². The summed E-state index contributed by atoms with van der Waals surface area (Å²) in [6.45, 7) is 3.78. The van der Waals surface area contributed by atoms with E-state index in [9.17, 15) is 37.9 Å². The van der Waals surface area contributed by atoms with E-state index < -0.39 is 71.2 Å². The van der Waals surface area contributed by atoms with E-state index in [1.165, 1.54) is 180 Å². The number of unbranched alkanes of at least 4 members (excludes halogenated alkanes) is 32. The number of esters is 2. The Morgan fingerprint density at radius 1 is 0.500 bits per heavy atom. The van der Waals surface area contributed by atoms with E-state index >= 15 is 0 Å². The molecule has 0 aliphatic carbocycles. The van der Waals surface area contributed by atoms with Crippen molar-refractivity contribution in [3.05, 3.63) is 24.3 Å². The number of aliphatic hydroxyl groups is 3. The fraction of sp³-hybridized carbons (Fsp3) is 0.891. The highest BCUT2D eigenvalue weighted by atomic mass is 32.2. The average molecular weight is 987 g/mol. The van der Waals surface area contributed by atoms with Crippen molar-refractivity contribution >= 4 is 22.1 Å². The summed E-state index contributed by atoms with van der Waals surface area (Å²) in [5.74, 6) is -2.02. The molecule has 0 amide bonds. The lowest BCUT2D eigenvalue weighted by Gasteiger charge is -2.40. The summed E-state index contributed by atoms with van der Waals surface area (Å²) >= 11 is 0. The largest absolute Gasteiger partial charge is 0.462 e. The molecule has 0 radical (unpaired) electrons. The van der Waals surface area contributed by atoms with Crippen molar-refractivity contribution in [3.63, 3.8) is 0 Å². The fourth-order valence-electron chi connectivity index (χ4n) is 8.72. The van der Waals surface area contributed by atoms with Gasteiger partial charge in [-0.2, -0.15) is 8.42 Å². The van der Waals surface area contributed by atoms with Crippen molar-refractivity contribution in [2.24, 2.45) is 0 Å². The van der Waals surface area contributed by atoms with E-state index in [-0.39, 0.29) is 19.4 Å². The van der Waals surface area contributed by atoms with Gasteiger partial charge in [-0.05, 0) is 38.5 Å². The Balaban J connectivity index is 2.33. The Morgan fingerprint density at radius 3 is 1.34 bits per heavy atom. The van der Waals surface area contributed by atoms with Crippen LogP contribution in [0.5, 0.6) is 0 Å². The minimum absolute atomic E-state index is 0.158. The van der Waals surface area contributed by atoms with Gasteiger partial charge in [0.25, 0.3) is 10.1 Å². The topological polar surface area (TPSA) is 186 Å². The van der Waals surface area contributed by atoms with Crippen LogP contribution >= 0.6 is 0 Å². The highest BCUT2D eigenvalue weighted by molar-refractivity contribution is 7.85. The predicted molar refractivity (Wildman–Crippen MR) is 275 cm³/mol. The molecule has 1 fully saturated rings. The van der Waals surface area contributed by atoms with Crippen molar-refractivity contribution in [1.29, 1.82) is 0 Å². The summed E-state index contributed by atoms with van der Waals surface area (Å²) in [7, 11) is -4.61. The van der Waals surface area contributed by atoms with Gasteiger partial charge in [0.2, 0.25) is 0 Å². The van der Waals surface area contributed by atoms with Crippen LogP contribution < -0.4 is 0 Å². The van der Waals surface area contributed by atoms with E-state index in [1.807, 2.05) is 6.08 Å². The molecule has 0 aromatic heterocycles. The number of hydrogen-bond donors (Lipinski definition) is 4. The van der Waals surface area contributed by atoms with Gasteiger partial charge in [-0.1, -0.05) is 231 Å². The van der Waals surface area contributed by atoms with Crippen molar-refractivity contribution < 1.29 is 56.8 Å². The minimum atomic E-state index is -4.61. The molecule has 0 saturated carbocycles. The van der Waals surface area contributed by atoms with E-state index in [1.54, 1.807) is 0 Å². The molecule has 68 heavy (non-hydrogen) atoms. The number of aliphatic hydroxyl groups excluding tert-OH is 3. The number of carbonyl (C=O) groups excluding carboxylic acids is 2. The number of allylic oxidation sites excluding steroid dienone is 4. The molecule has 12 nitrogen and oxygen atoms in total. The Labute approximate surface area is 415 Å². The van der Waals surface area contributed by atoms with Gasteiger partial charge in [-0.3, -0.25) is 14.1 Å². The maximum atomic E-state index is 12.9. The van der Waals surface area contributed by atoms with E-state index in [0.717, 1.165) is 32.1 Å². The molecule has 0 bridgehead atoms. The molecule has 2 unspecified atom stereocenters. The van der Waals surface area contributed by atoms with Gasteiger partial charge in [0, 0.05) is 12.8 Å². The molecule has 0 spiro atoms. The summed E-state index contributed by atoms with van der Waals surface area (Å²) in [6, 6.07) is 0. The van der Waals surface area contributed by atoms with Crippen LogP contribution in [0.25, 0.3) is 0 Å². The summed E-state index contributed by atoms with van der Waals surface area (Å²) in [5.41, 5.74) is 0. The second-order valence-electron chi connectivity index (χ2n) is 19.6. The van der Waals surface area contributed by atoms with Crippen LogP contribution in [0.1, 0.15) is 258 Å². The monoisotopic (exact) mass is 987 g/mol. The van der Waals surface area contributed by atoms with Gasteiger partial charge in [0.15, 0.2) is 12.4 Å². The van der Waals surface area contributed by atoms with Crippen molar-refractivity contribution in [2.75, 3.05) is 19.0 Å². The van der Waals surface area contributed by atoms with Crippen LogP contribution in [-0.2, 0) is 38.7 Å². The lowest BCUT2D eigenvalue weighted by molar-refractivity contribution is -0.297. The Morgan fingerprint density at radius 2 is 0.897 bits per heavy atom. The Kier molecular flexibility index (Phi) is 42.5. The molecular weight excluding hydrogens is 885 g/mol. The summed E-state index contributed by atoms with van der Waals surface area (Å²) in [5, 5.41) is 31.0. The molecule has 6 atom stereocenters. The molecule has 1 rings (SSSR count). The van der Waals surface area contributed by atoms with Crippen LogP contribution in [0.4, 0.5) is 0 Å². The van der Waals surface area contributed by atoms with Gasteiger partial charge in [0.1, 0.15) is 36.8 Å². The first-order valence-electron chi connectivity index (χ1n) is 27.9. The molecule has 13 heteroatoms. The number of carbonyl (C=O) groups is 2. The maximum Gasteiger partial charge on any atom is 0.306 e. The van der Waals surface area contributed by atoms with Gasteiger partial charge in [0.05, 0.1) is 6.61 Å². The van der Waals surface area contributed by atoms with E-state index in [0.29, 0.717) is 19.3 Å². The second kappa shape index (κ2) is 45.0. The normalized spacial score (nSPS) is 19.3. The smallest absolute Gasteiger partial charge is 0.306 e. The third kappa shape index (κ3) is 38.8. The second-order valence-corrected chi connectivity index (χ2v) is 21.1.